The molecule has 0 aliphatic carbocycles. The molecule has 10 rings (SSSR count). The quantitative estimate of drug-likeness (QED) is 0.0330. The van der Waals surface area contributed by atoms with Crippen LogP contribution in [0.3, 0.4) is 0 Å². The summed E-state index contributed by atoms with van der Waals surface area (Å²) in [6.45, 7) is 15.8. The average Bonchev–Trinajstić information content (AvgIpc) is 1.71. The minimum absolute atomic E-state index is 0. The molecule has 0 atom stereocenters. The smallest absolute Gasteiger partial charge is 0.367 e. The van der Waals surface area contributed by atoms with Gasteiger partial charge in [-0.15, -0.1) is 45.3 Å². The van der Waals surface area contributed by atoms with Crippen molar-refractivity contribution in [3.63, 3.8) is 0 Å². The van der Waals surface area contributed by atoms with Gasteiger partial charge in [-0.1, -0.05) is 19.0 Å². The minimum atomic E-state index is -3.22. The highest BCUT2D eigenvalue weighted by Gasteiger charge is 2.21. The Bertz CT molecular complexity index is 4130. The summed E-state index contributed by atoms with van der Waals surface area (Å²) >= 11 is 25.7. The molecule has 6 heterocycles. The lowest BCUT2D eigenvalue weighted by molar-refractivity contribution is -0.134. The molecular weight excluding hydrogens is 1420 g/mol. The largest absolute Gasteiger partial charge is 0.497 e. The lowest BCUT2D eigenvalue weighted by atomic mass is 10.0. The van der Waals surface area contributed by atoms with Crippen molar-refractivity contribution < 1.29 is 57.3 Å². The van der Waals surface area contributed by atoms with Crippen LogP contribution in [0.1, 0.15) is 100 Å². The number of nitrogens with zero attached hydrogens (tertiary/aromatic N) is 7. The summed E-state index contributed by atoms with van der Waals surface area (Å²) in [5.74, 6) is 1.70. The Hall–Kier alpha value is -7.88. The number of hydrogen-bond donors (Lipinski definition) is 3. The maximum Gasteiger partial charge on any atom is 0.367 e. The van der Waals surface area contributed by atoms with Crippen molar-refractivity contribution in [3.8, 4) is 44.4 Å². The number of aromatic nitrogens is 6. The maximum absolute atomic E-state index is 12.7. The summed E-state index contributed by atoms with van der Waals surface area (Å²) in [7, 11) is 6.44. The van der Waals surface area contributed by atoms with Gasteiger partial charge in [-0.2, -0.15) is 0 Å². The number of H-pyrrole nitrogens is 1. The molecule has 0 saturated carbocycles. The highest BCUT2D eigenvalue weighted by Crippen LogP contribution is 2.61. The number of pyridine rings is 2. The average molecular weight is 1490 g/mol. The third-order valence-electron chi connectivity index (χ3n) is 12.6. The first-order chi connectivity index (χ1) is 44.9. The molecule has 22 nitrogen and oxygen atoms in total. The van der Waals surface area contributed by atoms with Crippen molar-refractivity contribution in [2.45, 2.75) is 62.3 Å². The number of aliphatic carboxylic acids is 1. The number of carboxylic acids is 1. The summed E-state index contributed by atoms with van der Waals surface area (Å²) in [4.78, 5) is 95.9. The van der Waals surface area contributed by atoms with Crippen molar-refractivity contribution in [1.82, 2.24) is 45.9 Å². The zero-order valence-electron chi connectivity index (χ0n) is 53.7. The number of esters is 1. The van der Waals surface area contributed by atoms with E-state index in [2.05, 4.69) is 63.6 Å². The molecule has 10 aromatic rings. The zero-order valence-corrected chi connectivity index (χ0v) is 60.9. The normalized spacial score (nSPS) is 10.0. The molecule has 0 radical (unpaired) electrons. The third kappa shape index (κ3) is 27.3. The van der Waals surface area contributed by atoms with E-state index in [1.165, 1.54) is 45.3 Å². The number of methoxy groups -OCH3 is 4. The number of aryl methyl sites for hydroxylation is 1. The van der Waals surface area contributed by atoms with E-state index < -0.39 is 11.2 Å². The maximum atomic E-state index is 12.7. The number of ether oxygens (including phenoxy) is 5. The lowest BCUT2D eigenvalue weighted by Gasteiger charge is -2.20. The number of fused-ring (bicyclic) bond motifs is 2. The van der Waals surface area contributed by atoms with Gasteiger partial charge >= 0.3 is 11.2 Å². The van der Waals surface area contributed by atoms with Gasteiger partial charge in [-0.05, 0) is 182 Å². The number of aromatic amines is 1. The fraction of sp³-hybridized carbons (Fsp3) is 0.277. The van der Waals surface area contributed by atoms with Crippen LogP contribution in [0.4, 0.5) is 0 Å². The van der Waals surface area contributed by atoms with Crippen molar-refractivity contribution in [2.75, 3.05) is 61.2 Å². The van der Waals surface area contributed by atoms with Gasteiger partial charge in [-0.25, -0.2) is 29.7 Å². The summed E-state index contributed by atoms with van der Waals surface area (Å²) < 4.78 is 34.9. The molecule has 96 heavy (non-hydrogen) atoms. The Labute approximate surface area is 592 Å². The van der Waals surface area contributed by atoms with Crippen LogP contribution in [0.2, 0.25) is 5.15 Å². The van der Waals surface area contributed by atoms with Gasteiger partial charge in [0.15, 0.2) is 10.8 Å². The molecule has 5 N–H and O–H groups in total. The number of carboxylic acid groups (broad SMARTS) is 1. The second kappa shape index (κ2) is 43.3. The van der Waals surface area contributed by atoms with Gasteiger partial charge in [0.2, 0.25) is 5.01 Å². The summed E-state index contributed by atoms with van der Waals surface area (Å²) in [5, 5.41) is 17.9. The summed E-state index contributed by atoms with van der Waals surface area (Å²) in [5.41, 5.74) is 4.33. The van der Waals surface area contributed by atoms with Gasteiger partial charge in [0, 0.05) is 108 Å². The number of benzene rings is 4. The van der Waals surface area contributed by atoms with Gasteiger partial charge in [-0.3, -0.25) is 28.5 Å². The van der Waals surface area contributed by atoms with Gasteiger partial charge in [0.05, 0.1) is 40.7 Å². The molecule has 0 bridgehead atoms. The number of ketones is 1. The molecule has 0 unspecified atom stereocenters. The number of hydrogen-bond acceptors (Lipinski definition) is 22. The molecule has 0 spiro atoms. The van der Waals surface area contributed by atoms with Crippen LogP contribution in [-0.4, -0.2) is 136 Å². The van der Waals surface area contributed by atoms with Crippen LogP contribution in [0.15, 0.2) is 136 Å². The Kier molecular flexibility index (Phi) is 38.0. The molecule has 0 aliphatic rings. The molecular formula is C65H76Cl4N9O13PS4. The second-order valence-corrected chi connectivity index (χ2v) is 29.2. The Balaban J connectivity index is 0.000000399. The van der Waals surface area contributed by atoms with Crippen LogP contribution in [-0.2, 0) is 20.5 Å². The number of amides is 2. The Morgan fingerprint density at radius 1 is 0.594 bits per heavy atom. The van der Waals surface area contributed by atoms with Gasteiger partial charge in [0.25, 0.3) is 23.3 Å². The van der Waals surface area contributed by atoms with Crippen LogP contribution >= 0.6 is 95.9 Å². The van der Waals surface area contributed by atoms with Crippen LogP contribution in [0.25, 0.3) is 42.9 Å². The van der Waals surface area contributed by atoms with Gasteiger partial charge < -0.3 is 49.7 Å². The molecule has 31 heteroatoms. The molecule has 6 aromatic heterocycles. The Morgan fingerprint density at radius 2 is 1.02 bits per heavy atom. The predicted octanol–water partition coefficient (Wildman–Crippen LogP) is 17.2. The second-order valence-electron chi connectivity index (χ2n) is 18.6. The monoisotopic (exact) mass is 1490 g/mol. The van der Waals surface area contributed by atoms with Crippen molar-refractivity contribution in [3.05, 3.63) is 179 Å². The SMILES string of the molecule is C.CC(=O)O.CCN(CC)C(=O)c1ccc(OC)cc1C.CCN(CC)C(=O)c1ccc(OC)cc1CC(=O)c1nccs1.CCOC(=O)c1nccs1.COc1ccc2c(=O)[nH]c(-c3nccs3)cc2c1.COc1ccc2c(Cl)nc(-c3nccs3)cc2c1.N.O=P(Cl)(Cl)Cl. The van der Waals surface area contributed by atoms with E-state index in [4.69, 9.17) is 45.2 Å². The molecule has 4 aromatic carbocycles. The van der Waals surface area contributed by atoms with Crippen LogP contribution < -0.4 is 30.7 Å². The van der Waals surface area contributed by atoms with E-state index in [0.717, 1.165) is 86.0 Å². The zero-order chi connectivity index (χ0) is 69.5. The van der Waals surface area contributed by atoms with Crippen LogP contribution in [0, 0.1) is 6.92 Å². The van der Waals surface area contributed by atoms with E-state index in [1.54, 1.807) is 106 Å². The topological polar surface area (TPSA) is 308 Å². The fourth-order valence-corrected chi connectivity index (χ4v) is 10.7. The Morgan fingerprint density at radius 3 is 1.48 bits per heavy atom. The highest BCUT2D eigenvalue weighted by atomic mass is 36.0. The standard InChI is InChI=1S/C17H20N2O3S.C13H9ClN2OS.C13H10N2O2S.C13H19NO2.C6H7NO2S.C2H4O2.CH4.Cl3OP.H3N/c1-4-19(5-2)17(21)14-7-6-13(22-3)10-12(14)11-15(20)16-18-8-9-23-16;1-17-9-2-3-10-8(6-9)7-11(16-12(10)14)13-15-4-5-18-13;1-17-9-2-3-10-8(6-9)7-11(15-12(10)16)13-14-4-5-18-13;1-5-14(6-2)13(15)12-8-7-11(16-4)9-10(12)3;1-2-9-6(8)5-7-3-4-10-5;1-2(3)4;;1-5(2,3)4;/h6-10H,4-5,11H2,1-3H3;2-7H,1H3;2-7H,1H3,(H,15,16);7-9H,5-6H2,1-4H3;3-4H,2H2,1H3;1H3,(H,3,4);1H4;;1H3. The van der Waals surface area contributed by atoms with E-state index in [9.17, 15) is 28.5 Å². The first kappa shape index (κ1) is 84.2. The summed E-state index contributed by atoms with van der Waals surface area (Å²) in [6.07, 6.45) is 6.79. The number of halogens is 4. The third-order valence-corrected chi connectivity index (χ3v) is 16.0. The van der Waals surface area contributed by atoms with E-state index in [0.29, 0.717) is 57.1 Å². The summed E-state index contributed by atoms with van der Waals surface area (Å²) in [6, 6.07) is 25.8. The van der Waals surface area contributed by atoms with E-state index in [-0.39, 0.29) is 49.1 Å². The van der Waals surface area contributed by atoms with Crippen molar-refractivity contribution >= 4 is 147 Å². The molecule has 516 valence electrons. The van der Waals surface area contributed by atoms with Crippen molar-refractivity contribution in [2.24, 2.45) is 0 Å². The molecule has 2 amide bonds. The number of nitrogens with one attached hydrogen (secondary N) is 1. The van der Waals surface area contributed by atoms with E-state index in [1.807, 2.05) is 105 Å². The molecule has 0 aliphatic heterocycles. The fourth-order valence-electron chi connectivity index (χ4n) is 8.17. The number of Topliss-reactive ketones (excluding diaryl/α,β-unsaturated/α-hetero) is 1. The number of carbonyl (C=O) groups is 5. The van der Waals surface area contributed by atoms with Crippen molar-refractivity contribution in [1.29, 1.82) is 0 Å². The van der Waals surface area contributed by atoms with E-state index >= 15 is 0 Å². The number of rotatable bonds is 17. The molecule has 0 fully saturated rings. The predicted molar refractivity (Wildman–Crippen MR) is 390 cm³/mol. The van der Waals surface area contributed by atoms with Crippen LogP contribution in [0.5, 0.6) is 23.0 Å². The highest BCUT2D eigenvalue weighted by molar-refractivity contribution is 8.24. The lowest BCUT2D eigenvalue weighted by Crippen LogP contribution is -2.31. The molecule has 0 saturated heterocycles. The van der Waals surface area contributed by atoms with Gasteiger partial charge in [0.1, 0.15) is 43.9 Å². The first-order valence-corrected chi connectivity index (χ1v) is 36.6. The minimum Gasteiger partial charge on any atom is -0.497 e. The number of thiazole rings is 4. The number of carbonyl (C=O) groups excluding carboxylic acids is 4. The first-order valence-electron chi connectivity index (χ1n) is 28.3.